The first-order valence-corrected chi connectivity index (χ1v) is 14.3. The first kappa shape index (κ1) is 27.0. The number of hydrogen-bond acceptors (Lipinski definition) is 6. The lowest BCUT2D eigenvalue weighted by Gasteiger charge is -2.37. The molecular weight excluding hydrogens is 564 g/mol. The fourth-order valence-corrected chi connectivity index (χ4v) is 7.34. The van der Waals surface area contributed by atoms with E-state index in [-0.39, 0.29) is 27.8 Å². The van der Waals surface area contributed by atoms with Crippen molar-refractivity contribution >= 4 is 46.5 Å². The van der Waals surface area contributed by atoms with Crippen LogP contribution in [0.2, 0.25) is 5.02 Å². The lowest BCUT2D eigenvalue weighted by Crippen LogP contribution is -2.51. The van der Waals surface area contributed by atoms with Crippen LogP contribution in [0.25, 0.3) is 6.08 Å². The zero-order chi connectivity index (χ0) is 29.9. The molecule has 4 aromatic rings. The van der Waals surface area contributed by atoms with E-state index in [1.54, 1.807) is 42.5 Å². The number of hydrogen-bond donors (Lipinski definition) is 1. The van der Waals surface area contributed by atoms with Crippen molar-refractivity contribution in [2.75, 3.05) is 24.4 Å². The van der Waals surface area contributed by atoms with Crippen molar-refractivity contribution in [1.82, 2.24) is 0 Å². The van der Waals surface area contributed by atoms with Crippen molar-refractivity contribution in [3.05, 3.63) is 124 Å². The quantitative estimate of drug-likeness (QED) is 0.269. The Kier molecular flexibility index (Phi) is 6.36. The standard InChI is InChI=1S/C35H27ClN2O5/c1-42-21-16-17-28(43-2)23(19-21)32(39)30-31(33(40)22-10-4-6-12-25(22)36)38-27-14-8-3-9-20(27)15-18-29(38)35(30)24-11-5-7-13-26(24)37-34(35)41/h3-19,29-31H,1-2H3,(H,37,41)/t29-,30+,31+,35+/m1/s1. The Bertz CT molecular complexity index is 1850. The minimum absolute atomic E-state index is 0.220. The van der Waals surface area contributed by atoms with Crippen molar-refractivity contribution in [3.63, 3.8) is 0 Å². The SMILES string of the molecule is COc1ccc(OC)c(C(=O)[C@@H]2[C@@H](C(=O)c3ccccc3Cl)N3c4ccccc4C=C[C@@H]3[C@]23C(=O)Nc2ccccc23)c1. The molecule has 214 valence electrons. The number of rotatable bonds is 6. The number of anilines is 2. The van der Waals surface area contributed by atoms with E-state index in [4.69, 9.17) is 21.1 Å². The number of Topliss-reactive ketones (excluding diaryl/α,β-unsaturated/α-hetero) is 2. The number of methoxy groups -OCH3 is 2. The average molecular weight is 591 g/mol. The predicted molar refractivity (Wildman–Crippen MR) is 165 cm³/mol. The molecule has 1 fully saturated rings. The maximum Gasteiger partial charge on any atom is 0.238 e. The van der Waals surface area contributed by atoms with Gasteiger partial charge in [0.25, 0.3) is 0 Å². The van der Waals surface area contributed by atoms with Crippen LogP contribution >= 0.6 is 11.6 Å². The van der Waals surface area contributed by atoms with E-state index in [0.29, 0.717) is 22.7 Å². The Morgan fingerprint density at radius 3 is 2.40 bits per heavy atom. The van der Waals surface area contributed by atoms with Crippen molar-refractivity contribution in [2.24, 2.45) is 5.92 Å². The molecule has 1 N–H and O–H groups in total. The second-order valence-electron chi connectivity index (χ2n) is 10.8. The molecule has 8 heteroatoms. The van der Waals surface area contributed by atoms with E-state index < -0.39 is 29.2 Å². The first-order valence-electron chi connectivity index (χ1n) is 13.9. The van der Waals surface area contributed by atoms with Crippen LogP contribution in [0.15, 0.2) is 97.1 Å². The van der Waals surface area contributed by atoms with Crippen molar-refractivity contribution in [3.8, 4) is 11.5 Å². The maximum atomic E-state index is 15.1. The van der Waals surface area contributed by atoms with Gasteiger partial charge in [-0.25, -0.2) is 0 Å². The summed E-state index contributed by atoms with van der Waals surface area (Å²) in [6.45, 7) is 0. The summed E-state index contributed by atoms with van der Waals surface area (Å²) < 4.78 is 11.1. The summed E-state index contributed by atoms with van der Waals surface area (Å²) in [5, 5.41) is 3.31. The molecule has 4 aromatic carbocycles. The molecule has 0 saturated carbocycles. The van der Waals surface area contributed by atoms with Gasteiger partial charge in [-0.1, -0.05) is 72.3 Å². The van der Waals surface area contributed by atoms with Gasteiger partial charge in [-0.15, -0.1) is 0 Å². The molecule has 0 unspecified atom stereocenters. The predicted octanol–water partition coefficient (Wildman–Crippen LogP) is 6.21. The topological polar surface area (TPSA) is 84.9 Å². The van der Waals surface area contributed by atoms with Gasteiger partial charge < -0.3 is 19.7 Å². The number of carbonyl (C=O) groups is 3. The number of para-hydroxylation sites is 2. The number of carbonyl (C=O) groups excluding carboxylic acids is 3. The van der Waals surface area contributed by atoms with E-state index >= 15 is 4.79 Å². The number of amides is 1. The number of nitrogens with one attached hydrogen (secondary N) is 1. The third-order valence-corrected chi connectivity index (χ3v) is 9.23. The third-order valence-electron chi connectivity index (χ3n) is 8.90. The summed E-state index contributed by atoms with van der Waals surface area (Å²) >= 11 is 6.61. The summed E-state index contributed by atoms with van der Waals surface area (Å²) in [4.78, 5) is 46.4. The summed E-state index contributed by atoms with van der Waals surface area (Å²) in [6, 6.07) is 25.1. The van der Waals surface area contributed by atoms with Gasteiger partial charge >= 0.3 is 0 Å². The zero-order valence-corrected chi connectivity index (χ0v) is 24.2. The number of nitrogens with zero attached hydrogens (tertiary/aromatic N) is 1. The van der Waals surface area contributed by atoms with Gasteiger partial charge in [0.1, 0.15) is 23.0 Å². The number of ketones is 2. The van der Waals surface area contributed by atoms with Gasteiger partial charge in [0.2, 0.25) is 5.91 Å². The normalized spacial score (nSPS) is 22.9. The summed E-state index contributed by atoms with van der Waals surface area (Å²) in [5.74, 6) is -1.51. The minimum atomic E-state index is -1.45. The van der Waals surface area contributed by atoms with Crippen LogP contribution in [-0.2, 0) is 10.2 Å². The molecular formula is C35H27ClN2O5. The smallest absolute Gasteiger partial charge is 0.238 e. The second-order valence-corrected chi connectivity index (χ2v) is 11.2. The third kappa shape index (κ3) is 3.78. The lowest BCUT2D eigenvalue weighted by atomic mass is 9.64. The molecule has 0 bridgehead atoms. The van der Waals surface area contributed by atoms with Gasteiger partial charge in [0, 0.05) is 16.9 Å². The number of benzene rings is 4. The Morgan fingerprint density at radius 1 is 0.860 bits per heavy atom. The molecule has 3 heterocycles. The second kappa shape index (κ2) is 10.1. The van der Waals surface area contributed by atoms with E-state index in [1.807, 2.05) is 65.6 Å². The Labute approximate surface area is 253 Å². The van der Waals surface area contributed by atoms with Gasteiger partial charge in [-0.3, -0.25) is 14.4 Å². The molecule has 3 aliphatic rings. The van der Waals surface area contributed by atoms with Gasteiger partial charge in [0.05, 0.1) is 36.8 Å². The van der Waals surface area contributed by atoms with Crippen LogP contribution in [0.1, 0.15) is 31.8 Å². The zero-order valence-electron chi connectivity index (χ0n) is 23.4. The van der Waals surface area contributed by atoms with E-state index in [9.17, 15) is 9.59 Å². The Balaban J connectivity index is 1.56. The van der Waals surface area contributed by atoms with Crippen LogP contribution in [0, 0.1) is 5.92 Å². The highest BCUT2D eigenvalue weighted by molar-refractivity contribution is 6.34. The summed E-state index contributed by atoms with van der Waals surface area (Å²) in [7, 11) is 2.99. The fraction of sp³-hybridized carbons (Fsp3) is 0.171. The van der Waals surface area contributed by atoms with Crippen LogP contribution in [0.5, 0.6) is 11.5 Å². The van der Waals surface area contributed by atoms with Crippen LogP contribution in [0.3, 0.4) is 0 Å². The largest absolute Gasteiger partial charge is 0.497 e. The molecule has 1 amide bonds. The van der Waals surface area contributed by atoms with Crippen LogP contribution in [-0.4, -0.2) is 43.8 Å². The molecule has 0 aromatic heterocycles. The molecule has 7 rings (SSSR count). The number of halogens is 1. The molecule has 3 aliphatic heterocycles. The fourth-order valence-electron chi connectivity index (χ4n) is 7.11. The highest BCUT2D eigenvalue weighted by atomic mass is 35.5. The highest BCUT2D eigenvalue weighted by Gasteiger charge is 2.70. The molecule has 1 spiro atoms. The Hall–Kier alpha value is -4.88. The first-order chi connectivity index (χ1) is 20.9. The van der Waals surface area contributed by atoms with E-state index in [0.717, 1.165) is 11.3 Å². The average Bonchev–Trinajstić information content (AvgIpc) is 3.52. The molecule has 1 saturated heterocycles. The van der Waals surface area contributed by atoms with Crippen molar-refractivity contribution in [2.45, 2.75) is 17.5 Å². The highest BCUT2D eigenvalue weighted by Crippen LogP contribution is 2.58. The molecule has 43 heavy (non-hydrogen) atoms. The monoisotopic (exact) mass is 590 g/mol. The van der Waals surface area contributed by atoms with Gasteiger partial charge in [-0.05, 0) is 53.6 Å². The number of fused-ring (bicyclic) bond motifs is 6. The molecule has 4 atom stereocenters. The lowest BCUT2D eigenvalue weighted by molar-refractivity contribution is -0.121. The molecule has 7 nitrogen and oxygen atoms in total. The van der Waals surface area contributed by atoms with Gasteiger partial charge in [0.15, 0.2) is 11.6 Å². The molecule has 0 radical (unpaired) electrons. The minimum Gasteiger partial charge on any atom is -0.497 e. The maximum absolute atomic E-state index is 15.1. The Morgan fingerprint density at radius 2 is 1.60 bits per heavy atom. The van der Waals surface area contributed by atoms with Crippen molar-refractivity contribution < 1.29 is 23.9 Å². The van der Waals surface area contributed by atoms with Crippen LogP contribution < -0.4 is 19.7 Å². The number of ether oxygens (including phenoxy) is 2. The van der Waals surface area contributed by atoms with Crippen molar-refractivity contribution in [1.29, 1.82) is 0 Å². The summed E-state index contributed by atoms with van der Waals surface area (Å²) in [6.07, 6.45) is 3.90. The molecule has 0 aliphatic carbocycles. The van der Waals surface area contributed by atoms with Crippen LogP contribution in [0.4, 0.5) is 11.4 Å². The van der Waals surface area contributed by atoms with E-state index in [2.05, 4.69) is 5.32 Å². The van der Waals surface area contributed by atoms with Gasteiger partial charge in [-0.2, -0.15) is 0 Å². The van der Waals surface area contributed by atoms with E-state index in [1.165, 1.54) is 14.2 Å². The summed E-state index contributed by atoms with van der Waals surface area (Å²) in [5.41, 5.74) is 1.95.